The van der Waals surface area contributed by atoms with Crippen LogP contribution in [0.25, 0.3) is 0 Å². The monoisotopic (exact) mass is 210 g/mol. The molecule has 1 aromatic rings. The molecule has 82 valence electrons. The van der Waals surface area contributed by atoms with Gasteiger partial charge < -0.3 is 9.90 Å². The number of carbonyl (C=O) groups excluding carboxylic acids is 1. The molecule has 1 aromatic carbocycles. The minimum atomic E-state index is -0.618. The van der Waals surface area contributed by atoms with Gasteiger partial charge in [-0.1, -0.05) is 19.1 Å². The smallest absolute Gasteiger partial charge is 0.123 e. The van der Waals surface area contributed by atoms with Crippen molar-refractivity contribution in [3.63, 3.8) is 0 Å². The number of aliphatic hydroxyl groups excluding tert-OH is 1. The Bertz CT molecular complexity index is 308. The summed E-state index contributed by atoms with van der Waals surface area (Å²) in [6.07, 6.45) is 1.42. The van der Waals surface area contributed by atoms with Crippen molar-refractivity contribution >= 4 is 6.29 Å². The van der Waals surface area contributed by atoms with Crippen LogP contribution in [-0.2, 0) is 4.79 Å². The molecule has 2 nitrogen and oxygen atoms in total. The average molecular weight is 210 g/mol. The van der Waals surface area contributed by atoms with E-state index in [1.807, 2.05) is 6.92 Å². The summed E-state index contributed by atoms with van der Waals surface area (Å²) in [5, 5.41) is 9.72. The number of hydrogen-bond donors (Lipinski definition) is 1. The molecule has 0 aliphatic heterocycles. The number of benzene rings is 1. The van der Waals surface area contributed by atoms with Crippen molar-refractivity contribution < 1.29 is 14.3 Å². The topological polar surface area (TPSA) is 37.3 Å². The number of carbonyl (C=O) groups is 1. The van der Waals surface area contributed by atoms with Gasteiger partial charge in [-0.05, 0) is 30.5 Å². The molecule has 3 heteroatoms. The molecule has 0 heterocycles. The first kappa shape index (κ1) is 11.9. The summed E-state index contributed by atoms with van der Waals surface area (Å²) in [4.78, 5) is 10.4. The van der Waals surface area contributed by atoms with Gasteiger partial charge in [0.2, 0.25) is 0 Å². The molecular weight excluding hydrogens is 195 g/mol. The number of hydrogen-bond acceptors (Lipinski definition) is 2. The van der Waals surface area contributed by atoms with Gasteiger partial charge in [0.25, 0.3) is 0 Å². The van der Waals surface area contributed by atoms with Gasteiger partial charge in [-0.3, -0.25) is 0 Å². The highest BCUT2D eigenvalue weighted by Gasteiger charge is 2.09. The zero-order valence-electron chi connectivity index (χ0n) is 8.69. The molecule has 0 bridgehead atoms. The first-order valence-electron chi connectivity index (χ1n) is 5.02. The van der Waals surface area contributed by atoms with E-state index in [0.717, 1.165) is 6.29 Å². The van der Waals surface area contributed by atoms with Crippen LogP contribution in [0.4, 0.5) is 4.39 Å². The molecule has 0 saturated carbocycles. The van der Waals surface area contributed by atoms with Gasteiger partial charge >= 0.3 is 0 Å². The fourth-order valence-corrected chi connectivity index (χ4v) is 1.34. The van der Waals surface area contributed by atoms with Gasteiger partial charge in [-0.25, -0.2) is 4.39 Å². The quantitative estimate of drug-likeness (QED) is 0.758. The summed E-state index contributed by atoms with van der Waals surface area (Å²) in [6, 6.07) is 5.76. The normalized spacial score (nSPS) is 14.6. The lowest BCUT2D eigenvalue weighted by Crippen LogP contribution is -2.02. The van der Waals surface area contributed by atoms with Crippen LogP contribution in [0.2, 0.25) is 0 Å². The molecular formula is C12H15FO2. The molecule has 1 N–H and O–H groups in total. The second-order valence-corrected chi connectivity index (χ2v) is 3.76. The molecule has 15 heavy (non-hydrogen) atoms. The van der Waals surface area contributed by atoms with E-state index in [1.54, 1.807) is 12.1 Å². The van der Waals surface area contributed by atoms with Crippen molar-refractivity contribution in [2.45, 2.75) is 25.9 Å². The molecule has 0 amide bonds. The first-order valence-corrected chi connectivity index (χ1v) is 5.02. The van der Waals surface area contributed by atoms with Crippen LogP contribution in [0.15, 0.2) is 24.3 Å². The van der Waals surface area contributed by atoms with E-state index in [9.17, 15) is 14.3 Å². The van der Waals surface area contributed by atoms with E-state index >= 15 is 0 Å². The summed E-state index contributed by atoms with van der Waals surface area (Å²) in [6.45, 7) is 1.81. The minimum Gasteiger partial charge on any atom is -0.388 e. The average Bonchev–Trinajstić information content (AvgIpc) is 2.26. The van der Waals surface area contributed by atoms with E-state index in [4.69, 9.17) is 0 Å². The Morgan fingerprint density at radius 2 is 1.93 bits per heavy atom. The molecule has 0 aliphatic rings. The van der Waals surface area contributed by atoms with Crippen LogP contribution >= 0.6 is 0 Å². The van der Waals surface area contributed by atoms with E-state index < -0.39 is 6.10 Å². The number of aldehydes is 1. The van der Waals surface area contributed by atoms with Crippen molar-refractivity contribution in [2.24, 2.45) is 5.92 Å². The van der Waals surface area contributed by atoms with Crippen LogP contribution in [-0.4, -0.2) is 11.4 Å². The highest BCUT2D eigenvalue weighted by atomic mass is 19.1. The molecule has 0 saturated heterocycles. The molecule has 0 spiro atoms. The van der Waals surface area contributed by atoms with Gasteiger partial charge in [0, 0.05) is 5.92 Å². The SMILES string of the molecule is CC(C=O)CCC(O)c1ccc(F)cc1. The molecule has 2 atom stereocenters. The maximum atomic E-state index is 12.6. The number of rotatable bonds is 5. The van der Waals surface area contributed by atoms with Crippen molar-refractivity contribution in [1.82, 2.24) is 0 Å². The highest BCUT2D eigenvalue weighted by Crippen LogP contribution is 2.20. The molecule has 1 rings (SSSR count). The summed E-state index contributed by atoms with van der Waals surface area (Å²) >= 11 is 0. The standard InChI is InChI=1S/C12H15FO2/c1-9(8-14)2-7-12(15)10-3-5-11(13)6-4-10/h3-6,8-9,12,15H,2,7H2,1H3. The van der Waals surface area contributed by atoms with Crippen molar-refractivity contribution in [3.05, 3.63) is 35.6 Å². The lowest BCUT2D eigenvalue weighted by atomic mass is 10.00. The number of aliphatic hydroxyl groups is 1. The molecule has 0 aliphatic carbocycles. The third-order valence-corrected chi connectivity index (χ3v) is 2.38. The summed E-state index contributed by atoms with van der Waals surface area (Å²) in [7, 11) is 0. The second kappa shape index (κ2) is 5.61. The molecule has 0 radical (unpaired) electrons. The third kappa shape index (κ3) is 3.80. The predicted octanol–water partition coefficient (Wildman–Crippen LogP) is 2.47. The van der Waals surface area contributed by atoms with Crippen LogP contribution in [0.3, 0.4) is 0 Å². The van der Waals surface area contributed by atoms with Gasteiger partial charge in [0.1, 0.15) is 12.1 Å². The van der Waals surface area contributed by atoms with Crippen LogP contribution in [0, 0.1) is 11.7 Å². The summed E-state index contributed by atoms with van der Waals surface area (Å²) in [5.41, 5.74) is 0.689. The zero-order chi connectivity index (χ0) is 11.3. The van der Waals surface area contributed by atoms with Gasteiger partial charge in [0.15, 0.2) is 0 Å². The van der Waals surface area contributed by atoms with Crippen molar-refractivity contribution in [3.8, 4) is 0 Å². The van der Waals surface area contributed by atoms with E-state index in [2.05, 4.69) is 0 Å². The van der Waals surface area contributed by atoms with Crippen LogP contribution in [0.5, 0.6) is 0 Å². The fraction of sp³-hybridized carbons (Fsp3) is 0.417. The maximum absolute atomic E-state index is 12.6. The Morgan fingerprint density at radius 3 is 2.47 bits per heavy atom. The lowest BCUT2D eigenvalue weighted by Gasteiger charge is -2.11. The largest absolute Gasteiger partial charge is 0.388 e. The Kier molecular flexibility index (Phi) is 4.43. The maximum Gasteiger partial charge on any atom is 0.123 e. The lowest BCUT2D eigenvalue weighted by molar-refractivity contribution is -0.110. The minimum absolute atomic E-state index is 0.0416. The van der Waals surface area contributed by atoms with Gasteiger partial charge in [-0.2, -0.15) is 0 Å². The first-order chi connectivity index (χ1) is 7.13. The van der Waals surface area contributed by atoms with Crippen LogP contribution < -0.4 is 0 Å². The molecule has 0 aromatic heterocycles. The van der Waals surface area contributed by atoms with Gasteiger partial charge in [-0.15, -0.1) is 0 Å². The van der Waals surface area contributed by atoms with Gasteiger partial charge in [0.05, 0.1) is 6.10 Å². The highest BCUT2D eigenvalue weighted by molar-refractivity contribution is 5.52. The second-order valence-electron chi connectivity index (χ2n) is 3.76. The third-order valence-electron chi connectivity index (χ3n) is 2.38. The summed E-state index contributed by atoms with van der Waals surface area (Å²) in [5.74, 6) is -0.354. The Balaban J connectivity index is 2.49. The Labute approximate surface area is 88.7 Å². The van der Waals surface area contributed by atoms with E-state index in [0.29, 0.717) is 18.4 Å². The van der Waals surface area contributed by atoms with Crippen molar-refractivity contribution in [1.29, 1.82) is 0 Å². The predicted molar refractivity (Wildman–Crippen MR) is 55.8 cm³/mol. The van der Waals surface area contributed by atoms with E-state index in [-0.39, 0.29) is 11.7 Å². The Morgan fingerprint density at radius 1 is 1.33 bits per heavy atom. The van der Waals surface area contributed by atoms with Crippen LogP contribution in [0.1, 0.15) is 31.4 Å². The Hall–Kier alpha value is -1.22. The number of halogens is 1. The molecule has 0 fully saturated rings. The van der Waals surface area contributed by atoms with E-state index in [1.165, 1.54) is 12.1 Å². The zero-order valence-corrected chi connectivity index (χ0v) is 8.69. The summed E-state index contributed by atoms with van der Waals surface area (Å²) < 4.78 is 12.6. The van der Waals surface area contributed by atoms with Crippen molar-refractivity contribution in [2.75, 3.05) is 0 Å². The molecule has 2 unspecified atom stereocenters. The fourth-order valence-electron chi connectivity index (χ4n) is 1.34.